The van der Waals surface area contributed by atoms with Crippen LogP contribution in [-0.4, -0.2) is 33.4 Å². The molecule has 3 aromatic carbocycles. The lowest BCUT2D eigenvalue weighted by Gasteiger charge is -2.10. The SMILES string of the molecule is O=S(=O)(O)c1ccccc1-c1c2ccc(O)c(O)c2[o+]c2c(O)c(O)ccc12. The minimum absolute atomic E-state index is 0.0750. The van der Waals surface area contributed by atoms with Crippen LogP contribution in [-0.2, 0) is 10.1 Å². The highest BCUT2D eigenvalue weighted by atomic mass is 32.2. The lowest BCUT2D eigenvalue weighted by atomic mass is 9.96. The van der Waals surface area contributed by atoms with Gasteiger partial charge in [0.2, 0.25) is 0 Å². The molecule has 0 fully saturated rings. The molecule has 4 aromatic rings. The zero-order chi connectivity index (χ0) is 20.2. The topological polar surface area (TPSA) is 147 Å². The van der Waals surface area contributed by atoms with E-state index < -0.39 is 38.0 Å². The molecule has 142 valence electrons. The third-order valence-corrected chi connectivity index (χ3v) is 5.31. The summed E-state index contributed by atoms with van der Waals surface area (Å²) >= 11 is 0. The maximum Gasteiger partial charge on any atom is 0.406 e. The van der Waals surface area contributed by atoms with E-state index in [9.17, 15) is 33.4 Å². The quantitative estimate of drug-likeness (QED) is 0.148. The number of rotatable bonds is 2. The summed E-state index contributed by atoms with van der Waals surface area (Å²) in [4.78, 5) is -0.399. The van der Waals surface area contributed by atoms with Crippen molar-refractivity contribution in [3.63, 3.8) is 0 Å². The first-order valence-electron chi connectivity index (χ1n) is 7.92. The Labute approximate surface area is 157 Å². The van der Waals surface area contributed by atoms with Crippen LogP contribution < -0.4 is 0 Å². The first kappa shape index (κ1) is 17.8. The van der Waals surface area contributed by atoms with Gasteiger partial charge in [-0.2, -0.15) is 12.8 Å². The van der Waals surface area contributed by atoms with Crippen LogP contribution in [0, 0.1) is 0 Å². The molecule has 9 heteroatoms. The van der Waals surface area contributed by atoms with Gasteiger partial charge in [0.05, 0.1) is 10.8 Å². The molecule has 0 radical (unpaired) electrons. The fourth-order valence-corrected chi connectivity index (χ4v) is 3.86. The molecule has 0 saturated carbocycles. The molecule has 0 saturated heterocycles. The van der Waals surface area contributed by atoms with Gasteiger partial charge in [-0.15, -0.1) is 0 Å². The monoisotopic (exact) mass is 401 g/mol. The van der Waals surface area contributed by atoms with E-state index in [1.165, 1.54) is 42.5 Å². The molecule has 0 spiro atoms. The van der Waals surface area contributed by atoms with Crippen LogP contribution in [0.3, 0.4) is 0 Å². The van der Waals surface area contributed by atoms with Crippen molar-refractivity contribution in [3.8, 4) is 34.1 Å². The van der Waals surface area contributed by atoms with E-state index in [0.717, 1.165) is 0 Å². The van der Waals surface area contributed by atoms with Gasteiger partial charge in [-0.3, -0.25) is 4.55 Å². The van der Waals surface area contributed by atoms with Gasteiger partial charge in [0.15, 0.2) is 11.5 Å². The Balaban J connectivity index is 2.32. The van der Waals surface area contributed by atoms with Crippen LogP contribution >= 0.6 is 0 Å². The van der Waals surface area contributed by atoms with Crippen molar-refractivity contribution in [2.24, 2.45) is 0 Å². The second kappa shape index (κ2) is 5.98. The number of aromatic hydroxyl groups is 4. The van der Waals surface area contributed by atoms with Crippen molar-refractivity contribution in [1.29, 1.82) is 0 Å². The summed E-state index contributed by atoms with van der Waals surface area (Å²) < 4.78 is 39.0. The third-order valence-electron chi connectivity index (χ3n) is 4.40. The zero-order valence-electron chi connectivity index (χ0n) is 14.0. The van der Waals surface area contributed by atoms with Crippen LogP contribution in [0.5, 0.6) is 23.0 Å². The van der Waals surface area contributed by atoms with Crippen molar-refractivity contribution in [2.45, 2.75) is 4.90 Å². The maximum absolute atomic E-state index is 11.9. The molecule has 0 aliphatic rings. The number of benzene rings is 3. The van der Waals surface area contributed by atoms with Gasteiger partial charge >= 0.3 is 11.2 Å². The normalized spacial score (nSPS) is 11.9. The predicted octanol–water partition coefficient (Wildman–Crippen LogP) is 3.60. The summed E-state index contributed by atoms with van der Waals surface area (Å²) in [5.74, 6) is -2.26. The van der Waals surface area contributed by atoms with E-state index in [1.54, 1.807) is 6.07 Å². The number of phenols is 4. The van der Waals surface area contributed by atoms with Crippen LogP contribution in [0.25, 0.3) is 33.1 Å². The molecule has 0 amide bonds. The fourth-order valence-electron chi connectivity index (χ4n) is 3.16. The van der Waals surface area contributed by atoms with Gasteiger partial charge in [0.25, 0.3) is 21.6 Å². The lowest BCUT2D eigenvalue weighted by molar-refractivity contribution is 0.394. The molecule has 5 N–H and O–H groups in total. The summed E-state index contributed by atoms with van der Waals surface area (Å²) in [6.45, 7) is 0. The first-order chi connectivity index (χ1) is 13.2. The van der Waals surface area contributed by atoms with Crippen LogP contribution in [0.2, 0.25) is 0 Å². The lowest BCUT2D eigenvalue weighted by Crippen LogP contribution is -2.01. The Morgan fingerprint density at radius 2 is 1.21 bits per heavy atom. The van der Waals surface area contributed by atoms with Crippen LogP contribution in [0.4, 0.5) is 0 Å². The van der Waals surface area contributed by atoms with Gasteiger partial charge < -0.3 is 20.4 Å². The Morgan fingerprint density at radius 1 is 0.714 bits per heavy atom. The molecule has 28 heavy (non-hydrogen) atoms. The smallest absolute Gasteiger partial charge is 0.406 e. The molecule has 0 aliphatic carbocycles. The number of phenolic OH excluding ortho intramolecular Hbond substituents is 4. The van der Waals surface area contributed by atoms with Crippen LogP contribution in [0.1, 0.15) is 0 Å². The molecule has 4 rings (SSSR count). The second-order valence-electron chi connectivity index (χ2n) is 6.07. The van der Waals surface area contributed by atoms with E-state index in [-0.39, 0.29) is 33.1 Å². The molecule has 8 nitrogen and oxygen atoms in total. The van der Waals surface area contributed by atoms with E-state index in [0.29, 0.717) is 0 Å². The molecular weight excluding hydrogens is 388 g/mol. The average molecular weight is 401 g/mol. The minimum atomic E-state index is -4.61. The highest BCUT2D eigenvalue weighted by Crippen LogP contribution is 2.47. The number of hydrogen-bond donors (Lipinski definition) is 5. The zero-order valence-corrected chi connectivity index (χ0v) is 14.8. The molecule has 1 aromatic heterocycles. The third kappa shape index (κ3) is 2.56. The van der Waals surface area contributed by atoms with Crippen molar-refractivity contribution in [3.05, 3.63) is 48.5 Å². The van der Waals surface area contributed by atoms with Crippen LogP contribution in [0.15, 0.2) is 57.8 Å². The standard InChI is InChI=1S/C19H12O8S/c20-12-7-5-10-15(9-3-1-2-4-14(9)28(24,25)26)11-6-8-13(21)17(23)19(11)27-18(10)16(12)22/h1-8H,(H4-,20,21,22,23,24,25,26)/p+1. The van der Waals surface area contributed by atoms with Crippen molar-refractivity contribution >= 4 is 32.1 Å². The number of fused-ring (bicyclic) bond motifs is 2. The fraction of sp³-hybridized carbons (Fsp3) is 0. The Kier molecular flexibility index (Phi) is 3.81. The predicted molar refractivity (Wildman–Crippen MR) is 100 cm³/mol. The van der Waals surface area contributed by atoms with E-state index in [2.05, 4.69) is 0 Å². The Morgan fingerprint density at radius 3 is 1.71 bits per heavy atom. The molecule has 0 bridgehead atoms. The van der Waals surface area contributed by atoms with E-state index >= 15 is 0 Å². The van der Waals surface area contributed by atoms with E-state index in [4.69, 9.17) is 4.42 Å². The van der Waals surface area contributed by atoms with Gasteiger partial charge in [-0.25, -0.2) is 0 Å². The van der Waals surface area contributed by atoms with Gasteiger partial charge in [0, 0.05) is 11.1 Å². The summed E-state index contributed by atoms with van der Waals surface area (Å²) in [5, 5.41) is 40.5. The minimum Gasteiger partial charge on any atom is -0.504 e. The Hall–Kier alpha value is -3.56. The van der Waals surface area contributed by atoms with Gasteiger partial charge in [0.1, 0.15) is 4.90 Å². The van der Waals surface area contributed by atoms with Gasteiger partial charge in [-0.05, 0) is 30.3 Å². The second-order valence-corrected chi connectivity index (χ2v) is 7.46. The summed E-state index contributed by atoms with van der Waals surface area (Å²) in [6.07, 6.45) is 0. The first-order valence-corrected chi connectivity index (χ1v) is 9.36. The van der Waals surface area contributed by atoms with Crippen molar-refractivity contribution in [2.75, 3.05) is 0 Å². The maximum atomic E-state index is 11.9. The van der Waals surface area contributed by atoms with E-state index in [1.807, 2.05) is 0 Å². The van der Waals surface area contributed by atoms with Crippen molar-refractivity contribution < 1.29 is 37.8 Å². The Bertz CT molecular complexity index is 1310. The summed E-state index contributed by atoms with van der Waals surface area (Å²) in [6, 6.07) is 10.8. The molecular formula is C19H13O8S+. The van der Waals surface area contributed by atoms with Gasteiger partial charge in [-0.1, -0.05) is 18.2 Å². The molecule has 0 unspecified atom stereocenters. The average Bonchev–Trinajstić information content (AvgIpc) is 2.66. The summed E-state index contributed by atoms with van der Waals surface area (Å²) in [7, 11) is -4.61. The highest BCUT2D eigenvalue weighted by molar-refractivity contribution is 7.86. The van der Waals surface area contributed by atoms with Crippen molar-refractivity contribution in [1.82, 2.24) is 0 Å². The summed E-state index contributed by atoms with van der Waals surface area (Å²) in [5.41, 5.74) is -0.205. The number of hydrogen-bond acceptors (Lipinski definition) is 6. The highest BCUT2D eigenvalue weighted by Gasteiger charge is 2.30. The largest absolute Gasteiger partial charge is 0.504 e. The molecule has 1 heterocycles. The molecule has 0 aliphatic heterocycles. The molecule has 0 atom stereocenters.